The number of carbonyl (C=O) groups excluding carboxylic acids is 3. The zero-order valence-corrected chi connectivity index (χ0v) is 16.8. The molecule has 0 unspecified atom stereocenters. The third kappa shape index (κ3) is 8.51. The molecule has 1 rings (SSSR count). The first-order valence-corrected chi connectivity index (χ1v) is 9.39. The van der Waals surface area contributed by atoms with Gasteiger partial charge in [0.2, 0.25) is 11.8 Å². The molecule has 1 aliphatic heterocycles. The zero-order valence-electron chi connectivity index (χ0n) is 16.8. The maximum atomic E-state index is 12.3. The van der Waals surface area contributed by atoms with E-state index in [1.54, 1.807) is 11.8 Å². The molecular weight excluding hydrogens is 336 g/mol. The summed E-state index contributed by atoms with van der Waals surface area (Å²) in [6, 6.07) is 0.0512. The first-order valence-electron chi connectivity index (χ1n) is 9.39. The van der Waals surface area contributed by atoms with Crippen molar-refractivity contribution in [1.82, 2.24) is 20.4 Å². The Morgan fingerprint density at radius 2 is 1.65 bits per heavy atom. The summed E-state index contributed by atoms with van der Waals surface area (Å²) in [5, 5.41) is 5.91. The average Bonchev–Trinajstić information content (AvgIpc) is 2.53. The summed E-state index contributed by atoms with van der Waals surface area (Å²) in [6.45, 7) is 12.0. The highest BCUT2D eigenvalue weighted by Crippen LogP contribution is 2.11. The van der Waals surface area contributed by atoms with Gasteiger partial charge < -0.3 is 20.3 Å². The van der Waals surface area contributed by atoms with Crippen LogP contribution in [0.25, 0.3) is 0 Å². The minimum atomic E-state index is -0.292. The van der Waals surface area contributed by atoms with Crippen molar-refractivity contribution in [2.75, 3.05) is 39.3 Å². The maximum absolute atomic E-state index is 12.3. The van der Waals surface area contributed by atoms with Gasteiger partial charge in [0.25, 0.3) is 0 Å². The van der Waals surface area contributed by atoms with Crippen LogP contribution < -0.4 is 10.6 Å². The van der Waals surface area contributed by atoms with Crippen molar-refractivity contribution in [2.45, 2.75) is 59.0 Å². The van der Waals surface area contributed by atoms with Gasteiger partial charge in [-0.3, -0.25) is 14.5 Å². The molecule has 1 fully saturated rings. The molecule has 26 heavy (non-hydrogen) atoms. The van der Waals surface area contributed by atoms with Gasteiger partial charge in [-0.2, -0.15) is 0 Å². The lowest BCUT2D eigenvalue weighted by Crippen LogP contribution is -2.50. The highest BCUT2D eigenvalue weighted by molar-refractivity contribution is 5.81. The molecule has 0 aromatic rings. The number of likely N-dealkylation sites (N-methyl/N-ethyl adjacent to an activating group) is 1. The third-order valence-electron chi connectivity index (χ3n) is 4.08. The molecule has 2 N–H and O–H groups in total. The van der Waals surface area contributed by atoms with Crippen LogP contribution in [0, 0.1) is 0 Å². The number of rotatable bonds is 7. The van der Waals surface area contributed by atoms with E-state index in [4.69, 9.17) is 4.74 Å². The molecule has 8 nitrogen and oxygen atoms in total. The van der Waals surface area contributed by atoms with Crippen LogP contribution >= 0.6 is 0 Å². The van der Waals surface area contributed by atoms with Crippen LogP contribution in [0.2, 0.25) is 0 Å². The lowest BCUT2D eigenvalue weighted by atomic mass is 10.1. The molecular formula is C18H34N4O4. The van der Waals surface area contributed by atoms with E-state index in [1.165, 1.54) is 0 Å². The number of nitrogens with one attached hydrogen (secondary N) is 2. The minimum absolute atomic E-state index is 0.0512. The molecule has 150 valence electrons. The van der Waals surface area contributed by atoms with Crippen LogP contribution in [0.3, 0.4) is 0 Å². The van der Waals surface area contributed by atoms with Gasteiger partial charge in [0, 0.05) is 24.7 Å². The van der Waals surface area contributed by atoms with E-state index in [2.05, 4.69) is 10.6 Å². The van der Waals surface area contributed by atoms with E-state index in [0.29, 0.717) is 39.1 Å². The molecule has 0 aromatic carbocycles. The highest BCUT2D eigenvalue weighted by Gasteiger charge is 2.25. The van der Waals surface area contributed by atoms with E-state index < -0.39 is 0 Å². The number of piperidine rings is 1. The molecule has 3 amide bonds. The van der Waals surface area contributed by atoms with Crippen molar-refractivity contribution < 1.29 is 19.1 Å². The van der Waals surface area contributed by atoms with Gasteiger partial charge in [0.1, 0.15) is 0 Å². The van der Waals surface area contributed by atoms with Gasteiger partial charge in [0.05, 0.1) is 19.7 Å². The van der Waals surface area contributed by atoms with Gasteiger partial charge >= 0.3 is 6.09 Å². The van der Waals surface area contributed by atoms with Crippen molar-refractivity contribution in [3.63, 3.8) is 0 Å². The highest BCUT2D eigenvalue weighted by atomic mass is 16.6. The SMILES string of the molecule is CCOC(=O)N1CCC(NC(=O)CN(CC)CC(=O)NC(C)(C)C)CC1. The number of likely N-dealkylation sites (tertiary alicyclic amines) is 1. The first kappa shape index (κ1) is 22.2. The summed E-state index contributed by atoms with van der Waals surface area (Å²) in [4.78, 5) is 39.5. The Balaban J connectivity index is 2.36. The largest absolute Gasteiger partial charge is 0.450 e. The number of nitrogens with zero attached hydrogens (tertiary/aromatic N) is 2. The van der Waals surface area contributed by atoms with E-state index in [-0.39, 0.29) is 42.6 Å². The molecule has 1 aliphatic rings. The van der Waals surface area contributed by atoms with Crippen LogP contribution in [0.1, 0.15) is 47.5 Å². The fourth-order valence-corrected chi connectivity index (χ4v) is 2.84. The number of hydrogen-bond donors (Lipinski definition) is 2. The van der Waals surface area contributed by atoms with Crippen molar-refractivity contribution >= 4 is 17.9 Å². The van der Waals surface area contributed by atoms with Gasteiger partial charge in [-0.05, 0) is 47.1 Å². The molecule has 0 saturated carbocycles. The van der Waals surface area contributed by atoms with Gasteiger partial charge in [-0.25, -0.2) is 4.79 Å². The molecule has 0 spiro atoms. The van der Waals surface area contributed by atoms with Crippen molar-refractivity contribution in [3.05, 3.63) is 0 Å². The van der Waals surface area contributed by atoms with Gasteiger partial charge in [0.15, 0.2) is 0 Å². The summed E-state index contributed by atoms with van der Waals surface area (Å²) in [6.07, 6.45) is 1.13. The topological polar surface area (TPSA) is 91.0 Å². The second-order valence-electron chi connectivity index (χ2n) is 7.63. The average molecular weight is 370 g/mol. The Morgan fingerprint density at radius 1 is 1.08 bits per heavy atom. The van der Waals surface area contributed by atoms with Crippen molar-refractivity contribution in [2.24, 2.45) is 0 Å². The van der Waals surface area contributed by atoms with E-state index in [0.717, 1.165) is 0 Å². The fourth-order valence-electron chi connectivity index (χ4n) is 2.84. The van der Waals surface area contributed by atoms with Crippen LogP contribution in [0.15, 0.2) is 0 Å². The summed E-state index contributed by atoms with van der Waals surface area (Å²) >= 11 is 0. The Kier molecular flexibility index (Phi) is 8.84. The summed E-state index contributed by atoms with van der Waals surface area (Å²) in [7, 11) is 0. The monoisotopic (exact) mass is 370 g/mol. The Hall–Kier alpha value is -1.83. The van der Waals surface area contributed by atoms with E-state index in [1.807, 2.05) is 32.6 Å². The van der Waals surface area contributed by atoms with E-state index in [9.17, 15) is 14.4 Å². The Bertz CT molecular complexity index is 482. The lowest BCUT2D eigenvalue weighted by Gasteiger charge is -2.32. The summed E-state index contributed by atoms with van der Waals surface area (Å²) < 4.78 is 4.99. The quantitative estimate of drug-likeness (QED) is 0.697. The molecule has 0 atom stereocenters. The maximum Gasteiger partial charge on any atom is 0.409 e. The molecule has 1 heterocycles. The van der Waals surface area contributed by atoms with E-state index >= 15 is 0 Å². The van der Waals surface area contributed by atoms with Crippen molar-refractivity contribution in [1.29, 1.82) is 0 Å². The smallest absolute Gasteiger partial charge is 0.409 e. The normalized spacial score (nSPS) is 15.7. The second-order valence-corrected chi connectivity index (χ2v) is 7.63. The third-order valence-corrected chi connectivity index (χ3v) is 4.08. The van der Waals surface area contributed by atoms with Crippen LogP contribution in [-0.4, -0.2) is 78.6 Å². The predicted octanol–water partition coefficient (Wildman–Crippen LogP) is 0.960. The zero-order chi connectivity index (χ0) is 19.7. The molecule has 1 saturated heterocycles. The Labute approximate surface area is 156 Å². The fraction of sp³-hybridized carbons (Fsp3) is 0.833. The number of carbonyl (C=O) groups is 3. The van der Waals surface area contributed by atoms with Crippen LogP contribution in [-0.2, 0) is 14.3 Å². The van der Waals surface area contributed by atoms with Crippen molar-refractivity contribution in [3.8, 4) is 0 Å². The minimum Gasteiger partial charge on any atom is -0.450 e. The molecule has 0 aliphatic carbocycles. The second kappa shape index (κ2) is 10.4. The lowest BCUT2D eigenvalue weighted by molar-refractivity contribution is -0.126. The molecule has 0 aromatic heterocycles. The standard InChI is InChI=1S/C18H34N4O4/c1-6-21(13-16(24)20-18(3,4)5)12-15(23)19-14-8-10-22(11-9-14)17(25)26-7-2/h14H,6-13H2,1-5H3,(H,19,23)(H,20,24). The van der Waals surface area contributed by atoms with Crippen LogP contribution in [0.4, 0.5) is 4.79 Å². The summed E-state index contributed by atoms with van der Waals surface area (Å²) in [5.74, 6) is -0.181. The van der Waals surface area contributed by atoms with Gasteiger partial charge in [-0.15, -0.1) is 0 Å². The number of amides is 3. The predicted molar refractivity (Wildman–Crippen MR) is 99.8 cm³/mol. The number of hydrogen-bond acceptors (Lipinski definition) is 5. The first-order chi connectivity index (χ1) is 12.1. The molecule has 0 radical (unpaired) electrons. The molecule has 8 heteroatoms. The number of ether oxygens (including phenoxy) is 1. The Morgan fingerprint density at radius 3 is 2.15 bits per heavy atom. The summed E-state index contributed by atoms with van der Waals surface area (Å²) in [5.41, 5.74) is -0.286. The van der Waals surface area contributed by atoms with Crippen LogP contribution in [0.5, 0.6) is 0 Å². The van der Waals surface area contributed by atoms with Gasteiger partial charge in [-0.1, -0.05) is 6.92 Å². The molecule has 0 bridgehead atoms.